The van der Waals surface area contributed by atoms with E-state index >= 15 is 0 Å². The van der Waals surface area contributed by atoms with Crippen molar-refractivity contribution in [1.29, 1.82) is 0 Å². The van der Waals surface area contributed by atoms with Gasteiger partial charge in [0.15, 0.2) is 0 Å². The Morgan fingerprint density at radius 3 is 2.81 bits per heavy atom. The molecule has 0 spiro atoms. The minimum absolute atomic E-state index is 0.259. The number of nitrogens with one attached hydrogen (secondary N) is 1. The van der Waals surface area contributed by atoms with E-state index in [1.165, 1.54) is 25.7 Å². The van der Waals surface area contributed by atoms with Gasteiger partial charge in [0, 0.05) is 29.7 Å². The van der Waals surface area contributed by atoms with Gasteiger partial charge < -0.3 is 5.32 Å². The molecule has 1 aliphatic carbocycles. The molecule has 16 heavy (non-hydrogen) atoms. The standard InChI is InChI=1S/C12H18ClN3/c1-10-4-7-14-11(16-10)15-9-12(8-13)5-2-3-6-12/h4,7H,2-3,5-6,8-9H2,1H3,(H,14,15,16). The molecule has 2 rings (SSSR count). The minimum atomic E-state index is 0.259. The molecule has 0 radical (unpaired) electrons. The number of alkyl halides is 1. The van der Waals surface area contributed by atoms with E-state index in [1.54, 1.807) is 6.20 Å². The predicted octanol–water partition coefficient (Wildman–Crippen LogP) is 3.00. The molecule has 1 aromatic rings. The average molecular weight is 240 g/mol. The predicted molar refractivity (Wildman–Crippen MR) is 66.9 cm³/mol. The Labute approximate surface area is 102 Å². The molecule has 1 saturated carbocycles. The first-order chi connectivity index (χ1) is 7.74. The fourth-order valence-corrected chi connectivity index (χ4v) is 2.65. The van der Waals surface area contributed by atoms with Crippen LogP contribution in [-0.4, -0.2) is 22.4 Å². The van der Waals surface area contributed by atoms with Gasteiger partial charge in [-0.05, 0) is 25.8 Å². The summed E-state index contributed by atoms with van der Waals surface area (Å²) in [6.45, 7) is 2.86. The van der Waals surface area contributed by atoms with E-state index in [1.807, 2.05) is 13.0 Å². The molecule has 0 amide bonds. The van der Waals surface area contributed by atoms with Gasteiger partial charge in [0.05, 0.1) is 0 Å². The van der Waals surface area contributed by atoms with Crippen molar-refractivity contribution in [3.05, 3.63) is 18.0 Å². The number of hydrogen-bond acceptors (Lipinski definition) is 3. The number of halogens is 1. The van der Waals surface area contributed by atoms with E-state index in [2.05, 4.69) is 15.3 Å². The maximum Gasteiger partial charge on any atom is 0.222 e. The molecular formula is C12H18ClN3. The zero-order valence-electron chi connectivity index (χ0n) is 9.67. The molecular weight excluding hydrogens is 222 g/mol. The number of hydrogen-bond donors (Lipinski definition) is 1. The molecule has 0 saturated heterocycles. The van der Waals surface area contributed by atoms with E-state index in [4.69, 9.17) is 11.6 Å². The lowest BCUT2D eigenvalue weighted by atomic mass is 9.89. The van der Waals surface area contributed by atoms with Crippen molar-refractivity contribution < 1.29 is 0 Å². The van der Waals surface area contributed by atoms with Crippen LogP contribution in [0.25, 0.3) is 0 Å². The summed E-state index contributed by atoms with van der Waals surface area (Å²) < 4.78 is 0. The monoisotopic (exact) mass is 239 g/mol. The Kier molecular flexibility index (Phi) is 3.64. The van der Waals surface area contributed by atoms with Crippen LogP contribution < -0.4 is 5.32 Å². The van der Waals surface area contributed by atoms with Crippen LogP contribution in [0, 0.1) is 12.3 Å². The number of aromatic nitrogens is 2. The maximum atomic E-state index is 6.08. The number of anilines is 1. The molecule has 0 unspecified atom stereocenters. The lowest BCUT2D eigenvalue weighted by Gasteiger charge is -2.26. The number of rotatable bonds is 4. The zero-order valence-corrected chi connectivity index (χ0v) is 10.4. The molecule has 1 fully saturated rings. The summed E-state index contributed by atoms with van der Waals surface area (Å²) in [6.07, 6.45) is 6.81. The second-order valence-electron chi connectivity index (χ2n) is 4.72. The summed E-state index contributed by atoms with van der Waals surface area (Å²) in [6, 6.07) is 1.90. The third kappa shape index (κ3) is 2.64. The topological polar surface area (TPSA) is 37.8 Å². The normalized spacial score (nSPS) is 18.6. The summed E-state index contributed by atoms with van der Waals surface area (Å²) >= 11 is 6.08. The van der Waals surface area contributed by atoms with Crippen LogP contribution in [0.4, 0.5) is 5.95 Å². The first-order valence-electron chi connectivity index (χ1n) is 5.84. The van der Waals surface area contributed by atoms with Crippen molar-refractivity contribution in [2.45, 2.75) is 32.6 Å². The van der Waals surface area contributed by atoms with Gasteiger partial charge in [0.2, 0.25) is 5.95 Å². The molecule has 3 nitrogen and oxygen atoms in total. The van der Waals surface area contributed by atoms with Crippen molar-refractivity contribution in [2.24, 2.45) is 5.41 Å². The molecule has 1 aliphatic rings. The summed E-state index contributed by atoms with van der Waals surface area (Å²) in [4.78, 5) is 8.53. The third-order valence-electron chi connectivity index (χ3n) is 3.36. The molecule has 0 aliphatic heterocycles. The highest BCUT2D eigenvalue weighted by Gasteiger charge is 2.32. The lowest BCUT2D eigenvalue weighted by molar-refractivity contribution is 0.367. The Bertz CT molecular complexity index is 348. The van der Waals surface area contributed by atoms with Gasteiger partial charge in [-0.25, -0.2) is 9.97 Å². The van der Waals surface area contributed by atoms with Crippen LogP contribution in [0.1, 0.15) is 31.4 Å². The van der Waals surface area contributed by atoms with Gasteiger partial charge in [-0.1, -0.05) is 12.8 Å². The molecule has 0 aromatic carbocycles. The molecule has 1 N–H and O–H groups in total. The molecule has 0 bridgehead atoms. The summed E-state index contributed by atoms with van der Waals surface area (Å²) in [5.41, 5.74) is 1.25. The highest BCUT2D eigenvalue weighted by atomic mass is 35.5. The van der Waals surface area contributed by atoms with Crippen molar-refractivity contribution in [3.63, 3.8) is 0 Å². The first kappa shape index (κ1) is 11.6. The van der Waals surface area contributed by atoms with E-state index in [0.717, 1.165) is 24.1 Å². The van der Waals surface area contributed by atoms with Gasteiger partial charge in [-0.15, -0.1) is 11.6 Å². The third-order valence-corrected chi connectivity index (χ3v) is 3.93. The Morgan fingerprint density at radius 2 is 2.19 bits per heavy atom. The van der Waals surface area contributed by atoms with Gasteiger partial charge >= 0.3 is 0 Å². The van der Waals surface area contributed by atoms with Crippen molar-refractivity contribution in [2.75, 3.05) is 17.7 Å². The second kappa shape index (κ2) is 5.00. The van der Waals surface area contributed by atoms with Crippen LogP contribution in [0.3, 0.4) is 0 Å². The lowest BCUT2D eigenvalue weighted by Crippen LogP contribution is -2.29. The molecule has 4 heteroatoms. The van der Waals surface area contributed by atoms with E-state index < -0.39 is 0 Å². The van der Waals surface area contributed by atoms with Gasteiger partial charge in [0.1, 0.15) is 0 Å². The van der Waals surface area contributed by atoms with Gasteiger partial charge in [-0.3, -0.25) is 0 Å². The van der Waals surface area contributed by atoms with Crippen molar-refractivity contribution >= 4 is 17.5 Å². The smallest absolute Gasteiger partial charge is 0.222 e. The van der Waals surface area contributed by atoms with Crippen LogP contribution in [0.2, 0.25) is 0 Å². The fraction of sp³-hybridized carbons (Fsp3) is 0.667. The summed E-state index contributed by atoms with van der Waals surface area (Å²) in [5.74, 6) is 1.45. The molecule has 1 aromatic heterocycles. The van der Waals surface area contributed by atoms with Crippen LogP contribution in [0.15, 0.2) is 12.3 Å². The molecule has 0 atom stereocenters. The highest BCUT2D eigenvalue weighted by Crippen LogP contribution is 2.38. The van der Waals surface area contributed by atoms with Crippen LogP contribution in [-0.2, 0) is 0 Å². The van der Waals surface area contributed by atoms with Crippen LogP contribution >= 0.6 is 11.6 Å². The van der Waals surface area contributed by atoms with Crippen molar-refractivity contribution in [1.82, 2.24) is 9.97 Å². The largest absolute Gasteiger partial charge is 0.354 e. The minimum Gasteiger partial charge on any atom is -0.354 e. The van der Waals surface area contributed by atoms with Crippen molar-refractivity contribution in [3.8, 4) is 0 Å². The SMILES string of the molecule is Cc1ccnc(NCC2(CCl)CCCC2)n1. The van der Waals surface area contributed by atoms with Gasteiger partial charge in [0.25, 0.3) is 0 Å². The summed E-state index contributed by atoms with van der Waals surface area (Å²) in [5, 5.41) is 3.31. The fourth-order valence-electron chi connectivity index (χ4n) is 2.28. The van der Waals surface area contributed by atoms with Crippen LogP contribution in [0.5, 0.6) is 0 Å². The number of nitrogens with zero attached hydrogens (tertiary/aromatic N) is 2. The average Bonchev–Trinajstić information content (AvgIpc) is 2.76. The summed E-state index contributed by atoms with van der Waals surface area (Å²) in [7, 11) is 0. The number of aryl methyl sites for hydroxylation is 1. The van der Waals surface area contributed by atoms with E-state index in [-0.39, 0.29) is 5.41 Å². The Hall–Kier alpha value is -0.830. The van der Waals surface area contributed by atoms with E-state index in [9.17, 15) is 0 Å². The second-order valence-corrected chi connectivity index (χ2v) is 4.98. The Morgan fingerprint density at radius 1 is 1.44 bits per heavy atom. The molecule has 1 heterocycles. The first-order valence-corrected chi connectivity index (χ1v) is 6.37. The molecule has 88 valence electrons. The highest BCUT2D eigenvalue weighted by molar-refractivity contribution is 6.18. The maximum absolute atomic E-state index is 6.08. The quantitative estimate of drug-likeness (QED) is 0.821. The van der Waals surface area contributed by atoms with E-state index in [0.29, 0.717) is 0 Å². The Balaban J connectivity index is 1.95. The zero-order chi connectivity index (χ0) is 11.4. The van der Waals surface area contributed by atoms with Gasteiger partial charge in [-0.2, -0.15) is 0 Å².